The van der Waals surface area contributed by atoms with Crippen molar-refractivity contribution in [1.82, 2.24) is 10.0 Å². The van der Waals surface area contributed by atoms with Gasteiger partial charge in [0.15, 0.2) is 0 Å². The van der Waals surface area contributed by atoms with Gasteiger partial charge in [-0.05, 0) is 71.1 Å². The molecule has 0 aliphatic carbocycles. The molecule has 37 heavy (non-hydrogen) atoms. The zero-order chi connectivity index (χ0) is 26.4. The summed E-state index contributed by atoms with van der Waals surface area (Å²) < 4.78 is 27.9. The third-order valence-electron chi connectivity index (χ3n) is 5.90. The van der Waals surface area contributed by atoms with Gasteiger partial charge in [-0.25, -0.2) is 8.42 Å². The summed E-state index contributed by atoms with van der Waals surface area (Å²) in [7, 11) is -4.07. The molecule has 0 bridgehead atoms. The van der Waals surface area contributed by atoms with Crippen molar-refractivity contribution in [2.24, 2.45) is 0 Å². The van der Waals surface area contributed by atoms with Crippen LogP contribution in [0.3, 0.4) is 0 Å². The van der Waals surface area contributed by atoms with E-state index in [1.54, 1.807) is 36.4 Å². The summed E-state index contributed by atoms with van der Waals surface area (Å²) in [4.78, 5) is 24.2. The molecule has 0 saturated heterocycles. The molecule has 4 rings (SSSR count). The van der Waals surface area contributed by atoms with Crippen LogP contribution in [0.2, 0.25) is 5.02 Å². The maximum atomic E-state index is 12.8. The number of halogens is 1. The van der Waals surface area contributed by atoms with Crippen LogP contribution in [0.25, 0.3) is 21.9 Å². The first-order valence-corrected chi connectivity index (χ1v) is 13.5. The molecule has 190 valence electrons. The van der Waals surface area contributed by atoms with E-state index in [-0.39, 0.29) is 30.2 Å². The van der Waals surface area contributed by atoms with Crippen molar-refractivity contribution in [3.8, 4) is 11.1 Å². The number of nitrogens with one attached hydrogen (secondary N) is 2. The van der Waals surface area contributed by atoms with Crippen molar-refractivity contribution in [3.05, 3.63) is 102 Å². The minimum absolute atomic E-state index is 0.00935. The first kappa shape index (κ1) is 26.3. The molecule has 1 amide bonds. The lowest BCUT2D eigenvalue weighted by Crippen LogP contribution is -2.41. The fourth-order valence-electron chi connectivity index (χ4n) is 3.90. The first-order valence-electron chi connectivity index (χ1n) is 11.6. The third kappa shape index (κ3) is 6.74. The Balaban J connectivity index is 1.33. The van der Waals surface area contributed by atoms with Crippen LogP contribution in [0.4, 0.5) is 0 Å². The van der Waals surface area contributed by atoms with E-state index < -0.39 is 22.0 Å². The number of carbonyl (C=O) groups is 2. The molecule has 0 aliphatic rings. The molecule has 9 heteroatoms. The first-order chi connectivity index (χ1) is 17.7. The lowest BCUT2D eigenvalue weighted by molar-refractivity contribution is -0.139. The van der Waals surface area contributed by atoms with Gasteiger partial charge in [-0.1, -0.05) is 66.2 Å². The molecule has 0 heterocycles. The van der Waals surface area contributed by atoms with Gasteiger partial charge < -0.3 is 10.4 Å². The Kier molecular flexibility index (Phi) is 8.23. The maximum Gasteiger partial charge on any atom is 0.321 e. The van der Waals surface area contributed by atoms with Crippen molar-refractivity contribution in [2.75, 3.05) is 6.54 Å². The Bertz CT molecular complexity index is 1520. The molecule has 1 unspecified atom stereocenters. The van der Waals surface area contributed by atoms with E-state index in [2.05, 4.69) is 10.0 Å². The number of fused-ring (bicyclic) bond motifs is 1. The highest BCUT2D eigenvalue weighted by Crippen LogP contribution is 2.23. The quantitative estimate of drug-likeness (QED) is 0.244. The number of aliphatic carboxylic acids is 1. The van der Waals surface area contributed by atoms with Gasteiger partial charge in [0.05, 0.1) is 4.90 Å². The molecule has 4 aromatic carbocycles. The van der Waals surface area contributed by atoms with Gasteiger partial charge >= 0.3 is 5.97 Å². The predicted molar refractivity (Wildman–Crippen MR) is 144 cm³/mol. The van der Waals surface area contributed by atoms with Crippen LogP contribution in [0, 0.1) is 0 Å². The summed E-state index contributed by atoms with van der Waals surface area (Å²) in [6.07, 6.45) is 0.281. The maximum absolute atomic E-state index is 12.8. The van der Waals surface area contributed by atoms with Crippen molar-refractivity contribution in [2.45, 2.75) is 23.8 Å². The highest BCUT2D eigenvalue weighted by atomic mass is 35.5. The fraction of sp³-hybridized carbons (Fsp3) is 0.143. The molecular formula is C28H25ClN2O5S. The van der Waals surface area contributed by atoms with Crippen molar-refractivity contribution in [3.63, 3.8) is 0 Å². The predicted octanol–water partition coefficient (Wildman–Crippen LogP) is 5.10. The molecular weight excluding hydrogens is 512 g/mol. The number of rotatable bonds is 10. The zero-order valence-corrected chi connectivity index (χ0v) is 21.3. The molecule has 4 aromatic rings. The number of carbonyl (C=O) groups excluding carboxylic acids is 1. The summed E-state index contributed by atoms with van der Waals surface area (Å²) in [5.74, 6) is -1.57. The molecule has 3 N–H and O–H groups in total. The highest BCUT2D eigenvalue weighted by molar-refractivity contribution is 7.89. The SMILES string of the molecule is O=C(NCCCC(NS(=O)(=O)c1ccc(-c2ccc(Cl)cc2)cc1)C(=O)O)c1ccc2ccccc2c1. The minimum atomic E-state index is -4.07. The second kappa shape index (κ2) is 11.6. The monoisotopic (exact) mass is 536 g/mol. The molecule has 0 radical (unpaired) electrons. The number of hydrogen-bond acceptors (Lipinski definition) is 4. The van der Waals surface area contributed by atoms with Crippen molar-refractivity contribution in [1.29, 1.82) is 0 Å². The van der Waals surface area contributed by atoms with Gasteiger partial charge in [-0.2, -0.15) is 4.72 Å². The van der Waals surface area contributed by atoms with E-state index in [4.69, 9.17) is 11.6 Å². The molecule has 7 nitrogen and oxygen atoms in total. The Morgan fingerprint density at radius 3 is 2.11 bits per heavy atom. The van der Waals surface area contributed by atoms with Gasteiger partial charge in [0.1, 0.15) is 6.04 Å². The van der Waals surface area contributed by atoms with Crippen LogP contribution in [0.15, 0.2) is 95.9 Å². The Morgan fingerprint density at radius 1 is 0.838 bits per heavy atom. The van der Waals surface area contributed by atoms with Gasteiger partial charge in [0.2, 0.25) is 10.0 Å². The smallest absolute Gasteiger partial charge is 0.321 e. The number of benzene rings is 4. The summed E-state index contributed by atoms with van der Waals surface area (Å²) >= 11 is 5.91. The van der Waals surface area contributed by atoms with Crippen LogP contribution >= 0.6 is 11.6 Å². The fourth-order valence-corrected chi connectivity index (χ4v) is 5.25. The Hall–Kier alpha value is -3.72. The number of carboxylic acid groups (broad SMARTS) is 1. The van der Waals surface area contributed by atoms with E-state index in [0.29, 0.717) is 10.6 Å². The standard InChI is InChI=1S/C28H25ClN2O5S/c29-24-13-9-20(10-14-24)21-11-15-25(16-12-21)37(35,36)31-26(28(33)34)6-3-17-30-27(32)23-8-7-19-4-1-2-5-22(19)18-23/h1-2,4-5,7-16,18,26,31H,3,6,17H2,(H,30,32)(H,33,34). The topological polar surface area (TPSA) is 113 Å². The summed E-state index contributed by atoms with van der Waals surface area (Å²) in [5, 5.41) is 14.9. The van der Waals surface area contributed by atoms with Gasteiger partial charge in [0.25, 0.3) is 5.91 Å². The van der Waals surface area contributed by atoms with Crippen molar-refractivity contribution >= 4 is 44.3 Å². The average Bonchev–Trinajstić information content (AvgIpc) is 2.90. The number of hydrogen-bond donors (Lipinski definition) is 3. The molecule has 0 aromatic heterocycles. The number of carboxylic acids is 1. The molecule has 0 fully saturated rings. The Labute approximate surface area is 220 Å². The van der Waals surface area contributed by atoms with E-state index in [1.165, 1.54) is 12.1 Å². The third-order valence-corrected chi connectivity index (χ3v) is 7.64. The van der Waals surface area contributed by atoms with Gasteiger partial charge in [0, 0.05) is 17.1 Å². The average molecular weight is 537 g/mol. The second-order valence-electron chi connectivity index (χ2n) is 8.50. The summed E-state index contributed by atoms with van der Waals surface area (Å²) in [6, 6.07) is 25.0. The van der Waals surface area contributed by atoms with Gasteiger partial charge in [-0.15, -0.1) is 0 Å². The van der Waals surface area contributed by atoms with Crippen LogP contribution < -0.4 is 10.0 Å². The highest BCUT2D eigenvalue weighted by Gasteiger charge is 2.25. The van der Waals surface area contributed by atoms with Crippen molar-refractivity contribution < 1.29 is 23.1 Å². The van der Waals surface area contributed by atoms with E-state index >= 15 is 0 Å². The van der Waals surface area contributed by atoms with Gasteiger partial charge in [-0.3, -0.25) is 9.59 Å². The lowest BCUT2D eigenvalue weighted by atomic mass is 10.1. The summed E-state index contributed by atoms with van der Waals surface area (Å²) in [5.41, 5.74) is 2.17. The summed E-state index contributed by atoms with van der Waals surface area (Å²) in [6.45, 7) is 0.201. The second-order valence-corrected chi connectivity index (χ2v) is 10.7. The Morgan fingerprint density at radius 2 is 1.46 bits per heavy atom. The molecule has 1 atom stereocenters. The minimum Gasteiger partial charge on any atom is -0.480 e. The van der Waals surface area contributed by atoms with Crippen LogP contribution in [0.1, 0.15) is 23.2 Å². The van der Waals surface area contributed by atoms with Crippen LogP contribution in [-0.2, 0) is 14.8 Å². The number of sulfonamides is 1. The van der Waals surface area contributed by atoms with Crippen LogP contribution in [-0.4, -0.2) is 38.0 Å². The van der Waals surface area contributed by atoms with E-state index in [1.807, 2.05) is 42.5 Å². The molecule has 0 aliphatic heterocycles. The largest absolute Gasteiger partial charge is 0.480 e. The van der Waals surface area contributed by atoms with Crippen LogP contribution in [0.5, 0.6) is 0 Å². The molecule has 0 saturated carbocycles. The van der Waals surface area contributed by atoms with E-state index in [9.17, 15) is 23.1 Å². The van der Waals surface area contributed by atoms with E-state index in [0.717, 1.165) is 21.9 Å². The molecule has 0 spiro atoms. The normalized spacial score (nSPS) is 12.2. The lowest BCUT2D eigenvalue weighted by Gasteiger charge is -2.15. The zero-order valence-electron chi connectivity index (χ0n) is 19.7. The number of amides is 1.